The van der Waals surface area contributed by atoms with Gasteiger partial charge in [0.25, 0.3) is 0 Å². The molecule has 1 fully saturated rings. The molecule has 10 heteroatoms. The third-order valence-electron chi connectivity index (χ3n) is 5.76. The van der Waals surface area contributed by atoms with E-state index in [0.29, 0.717) is 23.1 Å². The van der Waals surface area contributed by atoms with Gasteiger partial charge in [0.05, 0.1) is 11.8 Å². The number of halogens is 1. The largest absolute Gasteiger partial charge is 0.325 e. The van der Waals surface area contributed by atoms with Crippen LogP contribution in [0.15, 0.2) is 53.7 Å². The molecule has 3 aromatic rings. The highest BCUT2D eigenvalue weighted by Crippen LogP contribution is 2.27. The van der Waals surface area contributed by atoms with Gasteiger partial charge in [-0.2, -0.15) is 0 Å². The monoisotopic (exact) mass is 482 g/mol. The number of benzene rings is 2. The number of hydrogen-bond donors (Lipinski definition) is 1. The molecule has 2 amide bonds. The van der Waals surface area contributed by atoms with Gasteiger partial charge in [-0.25, -0.2) is 4.39 Å². The van der Waals surface area contributed by atoms with Crippen molar-refractivity contribution in [1.82, 2.24) is 19.7 Å². The first-order chi connectivity index (χ1) is 16.3. The zero-order chi connectivity index (χ0) is 24.2. The molecular formula is C24H27FN6O2S. The Morgan fingerprint density at radius 3 is 2.41 bits per heavy atom. The molecule has 4 rings (SSSR count). The van der Waals surface area contributed by atoms with Crippen molar-refractivity contribution in [3.05, 3.63) is 60.2 Å². The van der Waals surface area contributed by atoms with Crippen LogP contribution in [0.5, 0.6) is 0 Å². The normalized spacial score (nSPS) is 14.6. The van der Waals surface area contributed by atoms with E-state index >= 15 is 0 Å². The summed E-state index contributed by atoms with van der Waals surface area (Å²) >= 11 is 1.26. The first-order valence-corrected chi connectivity index (χ1v) is 12.0. The van der Waals surface area contributed by atoms with Gasteiger partial charge in [-0.05, 0) is 76.0 Å². The second-order valence-corrected chi connectivity index (χ2v) is 9.27. The highest BCUT2D eigenvalue weighted by atomic mass is 32.2. The lowest BCUT2D eigenvalue weighted by molar-refractivity contribution is -0.117. The number of nitrogens with one attached hydrogen (secondary N) is 1. The van der Waals surface area contributed by atoms with Crippen molar-refractivity contribution in [2.75, 3.05) is 36.6 Å². The van der Waals surface area contributed by atoms with Crippen molar-refractivity contribution in [3.8, 4) is 5.69 Å². The van der Waals surface area contributed by atoms with Gasteiger partial charge in [-0.3, -0.25) is 19.1 Å². The SMILES string of the molecule is CC(c1nnc(SCC(=O)Nc2ccc(N3CCCC3=O)cc2)n1-c1ccc(F)cc1)N(C)C. The summed E-state index contributed by atoms with van der Waals surface area (Å²) in [5.74, 6) is 0.439. The summed E-state index contributed by atoms with van der Waals surface area (Å²) in [6.07, 6.45) is 1.44. The molecule has 2 aromatic carbocycles. The lowest BCUT2D eigenvalue weighted by Gasteiger charge is -2.20. The van der Waals surface area contributed by atoms with Crippen molar-refractivity contribution in [2.45, 2.75) is 31.0 Å². The van der Waals surface area contributed by atoms with Gasteiger partial charge in [-0.15, -0.1) is 10.2 Å². The van der Waals surface area contributed by atoms with Gasteiger partial charge >= 0.3 is 0 Å². The minimum atomic E-state index is -0.326. The number of amides is 2. The summed E-state index contributed by atoms with van der Waals surface area (Å²) < 4.78 is 15.3. The minimum Gasteiger partial charge on any atom is -0.325 e. The number of nitrogens with zero attached hydrogens (tertiary/aromatic N) is 5. The van der Waals surface area contributed by atoms with Gasteiger partial charge < -0.3 is 10.2 Å². The Balaban J connectivity index is 1.45. The van der Waals surface area contributed by atoms with E-state index in [9.17, 15) is 14.0 Å². The number of thioether (sulfide) groups is 1. The highest BCUT2D eigenvalue weighted by molar-refractivity contribution is 7.99. The first kappa shape index (κ1) is 23.9. The molecule has 2 heterocycles. The van der Waals surface area contributed by atoms with Gasteiger partial charge in [0.2, 0.25) is 11.8 Å². The van der Waals surface area contributed by atoms with E-state index < -0.39 is 0 Å². The van der Waals surface area contributed by atoms with Crippen LogP contribution in [0, 0.1) is 5.82 Å². The van der Waals surface area contributed by atoms with E-state index in [2.05, 4.69) is 15.5 Å². The number of aromatic nitrogens is 3. The predicted molar refractivity (Wildman–Crippen MR) is 131 cm³/mol. The Morgan fingerprint density at radius 2 is 1.79 bits per heavy atom. The van der Waals surface area contributed by atoms with Crippen molar-refractivity contribution in [3.63, 3.8) is 0 Å². The summed E-state index contributed by atoms with van der Waals surface area (Å²) in [4.78, 5) is 28.3. The van der Waals surface area contributed by atoms with Crippen LogP contribution < -0.4 is 10.2 Å². The van der Waals surface area contributed by atoms with Crippen LogP contribution in [0.1, 0.15) is 31.6 Å². The van der Waals surface area contributed by atoms with Gasteiger partial charge in [0.1, 0.15) is 5.82 Å². The van der Waals surface area contributed by atoms with E-state index in [0.717, 1.165) is 24.3 Å². The lowest BCUT2D eigenvalue weighted by atomic mass is 10.2. The van der Waals surface area contributed by atoms with Crippen molar-refractivity contribution in [1.29, 1.82) is 0 Å². The second-order valence-electron chi connectivity index (χ2n) is 8.32. The first-order valence-electron chi connectivity index (χ1n) is 11.0. The summed E-state index contributed by atoms with van der Waals surface area (Å²) in [6, 6.07) is 13.3. The molecule has 178 valence electrons. The molecule has 0 radical (unpaired) electrons. The zero-order valence-corrected chi connectivity index (χ0v) is 20.2. The summed E-state index contributed by atoms with van der Waals surface area (Å²) in [5, 5.41) is 12.1. The Kier molecular flexibility index (Phi) is 7.28. The fraction of sp³-hybridized carbons (Fsp3) is 0.333. The van der Waals surface area contributed by atoms with Crippen LogP contribution in [-0.4, -0.2) is 57.9 Å². The molecule has 0 spiro atoms. The summed E-state index contributed by atoms with van der Waals surface area (Å²) in [5.41, 5.74) is 2.22. The average Bonchev–Trinajstić information content (AvgIpc) is 3.44. The van der Waals surface area contributed by atoms with Crippen LogP contribution in [0.3, 0.4) is 0 Å². The van der Waals surface area contributed by atoms with Crippen LogP contribution in [-0.2, 0) is 9.59 Å². The molecule has 0 saturated carbocycles. The second kappa shape index (κ2) is 10.4. The van der Waals surface area contributed by atoms with Gasteiger partial charge in [0.15, 0.2) is 11.0 Å². The van der Waals surface area contributed by atoms with Crippen LogP contribution >= 0.6 is 11.8 Å². The predicted octanol–water partition coefficient (Wildman–Crippen LogP) is 3.89. The Morgan fingerprint density at radius 1 is 1.12 bits per heavy atom. The van der Waals surface area contributed by atoms with Gasteiger partial charge in [-0.1, -0.05) is 11.8 Å². The molecule has 0 bridgehead atoms. The maximum absolute atomic E-state index is 13.5. The standard InChI is InChI=1S/C24H27FN6O2S/c1-16(29(2)3)23-27-28-24(31(23)20-10-6-17(25)7-11-20)34-15-21(32)26-18-8-12-19(13-9-18)30-14-4-5-22(30)33/h6-13,16H,4-5,14-15H2,1-3H3,(H,26,32). The highest BCUT2D eigenvalue weighted by Gasteiger charge is 2.23. The fourth-order valence-corrected chi connectivity index (χ4v) is 4.44. The molecule has 1 saturated heterocycles. The quantitative estimate of drug-likeness (QED) is 0.491. The van der Waals surface area contributed by atoms with E-state index in [1.165, 1.54) is 23.9 Å². The molecule has 1 aliphatic rings. The lowest BCUT2D eigenvalue weighted by Crippen LogP contribution is -2.23. The summed E-state index contributed by atoms with van der Waals surface area (Å²) in [7, 11) is 3.89. The maximum atomic E-state index is 13.5. The summed E-state index contributed by atoms with van der Waals surface area (Å²) in [6.45, 7) is 2.73. The maximum Gasteiger partial charge on any atom is 0.234 e. The number of rotatable bonds is 8. The van der Waals surface area contributed by atoms with E-state index in [1.54, 1.807) is 29.2 Å². The van der Waals surface area contributed by atoms with Crippen molar-refractivity contribution >= 4 is 35.0 Å². The van der Waals surface area contributed by atoms with E-state index in [4.69, 9.17) is 0 Å². The minimum absolute atomic E-state index is 0.0401. The molecule has 8 nitrogen and oxygen atoms in total. The van der Waals surface area contributed by atoms with E-state index in [1.807, 2.05) is 42.6 Å². The van der Waals surface area contributed by atoms with Gasteiger partial charge in [0, 0.05) is 30.0 Å². The molecule has 1 unspecified atom stereocenters. The smallest absolute Gasteiger partial charge is 0.234 e. The molecular weight excluding hydrogens is 455 g/mol. The molecule has 0 aliphatic carbocycles. The van der Waals surface area contributed by atoms with Crippen LogP contribution in [0.4, 0.5) is 15.8 Å². The molecule has 34 heavy (non-hydrogen) atoms. The Labute approximate surface area is 202 Å². The third-order valence-corrected chi connectivity index (χ3v) is 6.69. The zero-order valence-electron chi connectivity index (χ0n) is 19.4. The fourth-order valence-electron chi connectivity index (χ4n) is 3.68. The van der Waals surface area contributed by atoms with E-state index in [-0.39, 0.29) is 29.4 Å². The number of anilines is 2. The molecule has 1 aliphatic heterocycles. The third kappa shape index (κ3) is 5.28. The number of carbonyl (C=O) groups excluding carboxylic acids is 2. The molecule has 1 aromatic heterocycles. The van der Waals surface area contributed by atoms with Crippen molar-refractivity contribution < 1.29 is 14.0 Å². The van der Waals surface area contributed by atoms with Crippen LogP contribution in [0.2, 0.25) is 0 Å². The topological polar surface area (TPSA) is 83.4 Å². The van der Waals surface area contributed by atoms with Crippen LogP contribution in [0.25, 0.3) is 5.69 Å². The number of hydrogen-bond acceptors (Lipinski definition) is 6. The molecule has 1 atom stereocenters. The Hall–Kier alpha value is -3.24. The molecule has 1 N–H and O–H groups in total. The van der Waals surface area contributed by atoms with Crippen molar-refractivity contribution in [2.24, 2.45) is 0 Å². The number of carbonyl (C=O) groups is 2. The Bertz CT molecular complexity index is 1160. The average molecular weight is 483 g/mol.